The lowest BCUT2D eigenvalue weighted by Crippen LogP contribution is -2.69. The van der Waals surface area contributed by atoms with Crippen molar-refractivity contribution in [1.29, 1.82) is 0 Å². The van der Waals surface area contributed by atoms with Crippen molar-refractivity contribution in [3.8, 4) is 0 Å². The van der Waals surface area contributed by atoms with E-state index in [0.717, 1.165) is 16.4 Å². The molecule has 29 heavy (non-hydrogen) atoms. The molecule has 1 aromatic heterocycles. The van der Waals surface area contributed by atoms with Crippen molar-refractivity contribution in [2.45, 2.75) is 35.8 Å². The van der Waals surface area contributed by atoms with E-state index in [1.807, 2.05) is 0 Å². The number of primary amides is 2. The van der Waals surface area contributed by atoms with Gasteiger partial charge in [-0.05, 0) is 17.4 Å². The van der Waals surface area contributed by atoms with E-state index in [-0.39, 0.29) is 40.4 Å². The first-order valence-corrected chi connectivity index (χ1v) is 9.37. The number of amides is 3. The predicted molar refractivity (Wildman–Crippen MR) is 92.5 cm³/mol. The van der Waals surface area contributed by atoms with Crippen LogP contribution in [0.3, 0.4) is 0 Å². The third-order valence-corrected chi connectivity index (χ3v) is 6.14. The first-order chi connectivity index (χ1) is 13.7. The molecule has 2 fully saturated rings. The number of aromatic nitrogens is 4. The molecule has 0 unspecified atom stereocenters. The van der Waals surface area contributed by atoms with Crippen molar-refractivity contribution in [3.05, 3.63) is 11.5 Å². The van der Waals surface area contributed by atoms with Crippen LogP contribution in [0.5, 0.6) is 0 Å². The Kier molecular flexibility index (Phi) is 4.23. The molecular weight excluding hydrogens is 408 g/mol. The number of nitrogens with one attached hydrogen (secondary N) is 1. The summed E-state index contributed by atoms with van der Waals surface area (Å²) in [6.45, 7) is 1.57. The Bertz CT molecular complexity index is 961. The molecule has 4 rings (SSSR count). The molecule has 1 aromatic rings. The lowest BCUT2D eigenvalue weighted by Gasteiger charge is -2.48. The molecule has 3 aliphatic heterocycles. The van der Waals surface area contributed by atoms with E-state index in [1.54, 1.807) is 0 Å². The van der Waals surface area contributed by atoms with Gasteiger partial charge in [0.15, 0.2) is 5.70 Å². The number of nitrogens with two attached hydrogens (primary N) is 2. The second kappa shape index (κ2) is 6.41. The molecule has 0 aliphatic carbocycles. The molecule has 14 nitrogen and oxygen atoms in total. The van der Waals surface area contributed by atoms with Crippen molar-refractivity contribution in [2.24, 2.45) is 11.5 Å². The maximum atomic E-state index is 12.2. The van der Waals surface area contributed by atoms with Crippen LogP contribution in [-0.2, 0) is 29.5 Å². The molecule has 0 spiro atoms. The van der Waals surface area contributed by atoms with E-state index in [9.17, 15) is 24.3 Å². The lowest BCUT2D eigenvalue weighted by molar-refractivity contribution is -0.158. The van der Waals surface area contributed by atoms with Crippen LogP contribution in [0.4, 0.5) is 0 Å². The fraction of sp³-hybridized carbons (Fsp3) is 0.500. The van der Waals surface area contributed by atoms with E-state index in [2.05, 4.69) is 20.8 Å². The SMILES string of the molecule is CC(C(N)=O)(C(N)=O)n1nnnc1SCC1=C(C(=O)O)N2C(=O)[C@H]3NC[C@@H](O1)[C@H]32. The standard InChI is InChI=1S/C14H16N8O6S/c1-14(11(15)26,12(16)27)22-13(18-19-20-22)29-3-5-8(10(24)25)21-7-4(28-5)2-17-6(7)9(21)23/h4,6-7,17H,2-3H2,1H3,(H2,15,26)(H2,16,27)(H,24,25)/t4-,6+,7-/m1/s1. The molecule has 3 aliphatic rings. The summed E-state index contributed by atoms with van der Waals surface area (Å²) in [5.41, 5.74) is 8.33. The quantitative estimate of drug-likeness (QED) is 0.190. The number of β-lactam (4-membered cyclic amide) rings is 1. The molecule has 15 heteroatoms. The molecule has 0 saturated carbocycles. The summed E-state index contributed by atoms with van der Waals surface area (Å²) in [4.78, 5) is 48.8. The van der Waals surface area contributed by atoms with Crippen molar-refractivity contribution in [2.75, 3.05) is 12.3 Å². The van der Waals surface area contributed by atoms with Gasteiger partial charge >= 0.3 is 5.97 Å². The molecule has 6 N–H and O–H groups in total. The van der Waals surface area contributed by atoms with Crippen LogP contribution >= 0.6 is 11.8 Å². The zero-order chi connectivity index (χ0) is 21.1. The van der Waals surface area contributed by atoms with Gasteiger partial charge in [0.05, 0.1) is 11.8 Å². The third kappa shape index (κ3) is 2.57. The number of carbonyl (C=O) groups is 4. The van der Waals surface area contributed by atoms with Gasteiger partial charge in [-0.1, -0.05) is 11.8 Å². The second-order valence-electron chi connectivity index (χ2n) is 6.78. The van der Waals surface area contributed by atoms with E-state index >= 15 is 0 Å². The molecule has 3 atom stereocenters. The number of carbonyl (C=O) groups excluding carboxylic acids is 3. The Balaban J connectivity index is 1.63. The Morgan fingerprint density at radius 2 is 2.07 bits per heavy atom. The highest BCUT2D eigenvalue weighted by Crippen LogP contribution is 2.40. The van der Waals surface area contributed by atoms with Gasteiger partial charge < -0.3 is 26.6 Å². The molecule has 4 heterocycles. The first kappa shape index (κ1) is 19.1. The van der Waals surface area contributed by atoms with Crippen molar-refractivity contribution in [3.63, 3.8) is 0 Å². The zero-order valence-electron chi connectivity index (χ0n) is 14.9. The topological polar surface area (TPSA) is 209 Å². The van der Waals surface area contributed by atoms with Gasteiger partial charge in [0.2, 0.25) is 16.6 Å². The fourth-order valence-corrected chi connectivity index (χ4v) is 4.44. The molecule has 0 aromatic carbocycles. The Hall–Kier alpha value is -3.20. The lowest BCUT2D eigenvalue weighted by atomic mass is 9.92. The van der Waals surface area contributed by atoms with Crippen LogP contribution in [0.2, 0.25) is 0 Å². The third-order valence-electron chi connectivity index (χ3n) is 5.22. The van der Waals surface area contributed by atoms with E-state index in [4.69, 9.17) is 16.2 Å². The fourth-order valence-electron chi connectivity index (χ4n) is 3.54. The van der Waals surface area contributed by atoms with Crippen molar-refractivity contribution in [1.82, 2.24) is 30.4 Å². The summed E-state index contributed by atoms with van der Waals surface area (Å²) in [5.74, 6) is -3.79. The van der Waals surface area contributed by atoms with Gasteiger partial charge in [-0.2, -0.15) is 4.68 Å². The molecule has 154 valence electrons. The highest BCUT2D eigenvalue weighted by atomic mass is 32.2. The average Bonchev–Trinajstić information content (AvgIpc) is 3.29. The van der Waals surface area contributed by atoms with Crippen LogP contribution in [0, 0.1) is 0 Å². The first-order valence-electron chi connectivity index (χ1n) is 8.39. The predicted octanol–water partition coefficient (Wildman–Crippen LogP) is -3.67. The molecule has 2 saturated heterocycles. The number of thioether (sulfide) groups is 1. The molecule has 0 radical (unpaired) electrons. The number of rotatable bonds is 7. The monoisotopic (exact) mass is 424 g/mol. The summed E-state index contributed by atoms with van der Waals surface area (Å²) in [5, 5.41) is 23.4. The van der Waals surface area contributed by atoms with Crippen LogP contribution in [0.25, 0.3) is 0 Å². The summed E-state index contributed by atoms with van der Waals surface area (Å²) in [6.07, 6.45) is -0.381. The van der Waals surface area contributed by atoms with Gasteiger partial charge in [-0.25, -0.2) is 4.79 Å². The van der Waals surface area contributed by atoms with Crippen molar-refractivity contribution < 1.29 is 29.0 Å². The maximum Gasteiger partial charge on any atom is 0.356 e. The maximum absolute atomic E-state index is 12.2. The highest BCUT2D eigenvalue weighted by molar-refractivity contribution is 7.99. The number of ether oxygens (including phenoxy) is 1. The van der Waals surface area contributed by atoms with Gasteiger partial charge in [0, 0.05) is 6.54 Å². The summed E-state index contributed by atoms with van der Waals surface area (Å²) >= 11 is 0.905. The van der Waals surface area contributed by atoms with Gasteiger partial charge in [-0.15, -0.1) is 5.10 Å². The molecule has 3 amide bonds. The normalized spacial score (nSPS) is 25.3. The zero-order valence-corrected chi connectivity index (χ0v) is 15.8. The van der Waals surface area contributed by atoms with E-state index < -0.39 is 29.4 Å². The number of hydrogen-bond acceptors (Lipinski definition) is 10. The molecular formula is C14H16N8O6S. The average molecular weight is 424 g/mol. The van der Waals surface area contributed by atoms with E-state index in [0.29, 0.717) is 6.54 Å². The van der Waals surface area contributed by atoms with Gasteiger partial charge in [-0.3, -0.25) is 19.3 Å². The number of aliphatic carboxylic acids is 1. The van der Waals surface area contributed by atoms with Crippen LogP contribution in [-0.4, -0.2) is 84.4 Å². The largest absolute Gasteiger partial charge is 0.488 e. The van der Waals surface area contributed by atoms with Gasteiger partial charge in [0.1, 0.15) is 17.9 Å². The number of tetrazole rings is 1. The highest BCUT2D eigenvalue weighted by Gasteiger charge is 2.61. The Morgan fingerprint density at radius 1 is 1.38 bits per heavy atom. The van der Waals surface area contributed by atoms with Gasteiger partial charge in [0.25, 0.3) is 11.8 Å². The minimum atomic E-state index is -2.02. The number of carboxylic acids is 1. The van der Waals surface area contributed by atoms with E-state index in [1.165, 1.54) is 11.8 Å². The van der Waals surface area contributed by atoms with Crippen LogP contribution in [0.15, 0.2) is 16.6 Å². The molecule has 0 bridgehead atoms. The smallest absolute Gasteiger partial charge is 0.356 e. The number of hydrogen-bond donors (Lipinski definition) is 4. The van der Waals surface area contributed by atoms with Crippen molar-refractivity contribution >= 4 is 35.5 Å². The summed E-state index contributed by atoms with van der Waals surface area (Å²) in [7, 11) is 0. The van der Waals surface area contributed by atoms with Crippen LogP contribution in [0.1, 0.15) is 6.92 Å². The summed E-state index contributed by atoms with van der Waals surface area (Å²) in [6, 6.07) is -0.802. The minimum absolute atomic E-state index is 0.00887. The Labute approximate surface area is 166 Å². The number of nitrogens with zero attached hydrogens (tertiary/aromatic N) is 5. The summed E-state index contributed by atoms with van der Waals surface area (Å²) < 4.78 is 6.68. The minimum Gasteiger partial charge on any atom is -0.488 e. The number of carboxylic acid groups (broad SMARTS) is 1. The Morgan fingerprint density at radius 3 is 2.69 bits per heavy atom. The second-order valence-corrected chi connectivity index (χ2v) is 7.72. The van der Waals surface area contributed by atoms with Crippen LogP contribution < -0.4 is 16.8 Å².